The summed E-state index contributed by atoms with van der Waals surface area (Å²) >= 11 is 0. The van der Waals surface area contributed by atoms with Crippen LogP contribution in [0.5, 0.6) is 0 Å². The normalized spacial score (nSPS) is 28.9. The van der Waals surface area contributed by atoms with E-state index in [4.69, 9.17) is 10.8 Å². The van der Waals surface area contributed by atoms with E-state index in [0.717, 1.165) is 32.5 Å². The van der Waals surface area contributed by atoms with Gasteiger partial charge in [0.25, 0.3) is 0 Å². The van der Waals surface area contributed by atoms with Crippen LogP contribution in [0.25, 0.3) is 0 Å². The molecular formula is C11H24N2O. The van der Waals surface area contributed by atoms with Gasteiger partial charge >= 0.3 is 0 Å². The average molecular weight is 200 g/mol. The molecule has 1 saturated carbocycles. The molecule has 0 spiro atoms. The van der Waals surface area contributed by atoms with Crippen molar-refractivity contribution in [2.75, 3.05) is 19.6 Å². The molecule has 3 heteroatoms. The summed E-state index contributed by atoms with van der Waals surface area (Å²) in [5.74, 6) is 1.93. The maximum absolute atomic E-state index is 9.11. The zero-order valence-electron chi connectivity index (χ0n) is 9.37. The SMILES string of the molecule is CC(C)C(CN)CNCC1CC(O)C1. The third-order valence-electron chi connectivity index (χ3n) is 3.30. The van der Waals surface area contributed by atoms with Crippen molar-refractivity contribution >= 4 is 0 Å². The highest BCUT2D eigenvalue weighted by atomic mass is 16.3. The molecule has 1 aliphatic carbocycles. The number of nitrogens with two attached hydrogens (primary N) is 1. The second-order valence-corrected chi connectivity index (χ2v) is 4.89. The summed E-state index contributed by atoms with van der Waals surface area (Å²) in [5.41, 5.74) is 5.68. The van der Waals surface area contributed by atoms with Crippen LogP contribution in [0.1, 0.15) is 26.7 Å². The lowest BCUT2D eigenvalue weighted by atomic mass is 9.82. The fourth-order valence-electron chi connectivity index (χ4n) is 1.93. The van der Waals surface area contributed by atoms with Crippen molar-refractivity contribution < 1.29 is 5.11 Å². The predicted octanol–water partition coefficient (Wildman–Crippen LogP) is 0.578. The molecule has 0 aromatic carbocycles. The Labute approximate surface area is 87.1 Å². The summed E-state index contributed by atoms with van der Waals surface area (Å²) in [6.45, 7) is 7.25. The van der Waals surface area contributed by atoms with E-state index in [1.807, 2.05) is 0 Å². The van der Waals surface area contributed by atoms with Crippen molar-refractivity contribution in [1.29, 1.82) is 0 Å². The van der Waals surface area contributed by atoms with Crippen LogP contribution in [0.4, 0.5) is 0 Å². The Morgan fingerprint density at radius 1 is 1.43 bits per heavy atom. The number of rotatable bonds is 6. The Morgan fingerprint density at radius 3 is 2.50 bits per heavy atom. The minimum absolute atomic E-state index is 0.0304. The first-order valence-electron chi connectivity index (χ1n) is 5.72. The van der Waals surface area contributed by atoms with Crippen LogP contribution in [-0.4, -0.2) is 30.8 Å². The van der Waals surface area contributed by atoms with Crippen LogP contribution in [0.3, 0.4) is 0 Å². The monoisotopic (exact) mass is 200 g/mol. The molecular weight excluding hydrogens is 176 g/mol. The molecule has 1 fully saturated rings. The quantitative estimate of drug-likeness (QED) is 0.588. The highest BCUT2D eigenvalue weighted by Crippen LogP contribution is 2.26. The maximum Gasteiger partial charge on any atom is 0.0546 e. The lowest BCUT2D eigenvalue weighted by Gasteiger charge is -2.32. The van der Waals surface area contributed by atoms with Crippen LogP contribution < -0.4 is 11.1 Å². The molecule has 0 saturated heterocycles. The van der Waals surface area contributed by atoms with E-state index in [-0.39, 0.29) is 6.10 Å². The van der Waals surface area contributed by atoms with E-state index in [2.05, 4.69) is 19.2 Å². The highest BCUT2D eigenvalue weighted by Gasteiger charge is 2.26. The zero-order chi connectivity index (χ0) is 10.6. The van der Waals surface area contributed by atoms with Gasteiger partial charge in [-0.2, -0.15) is 0 Å². The van der Waals surface area contributed by atoms with E-state index >= 15 is 0 Å². The smallest absolute Gasteiger partial charge is 0.0546 e. The van der Waals surface area contributed by atoms with E-state index in [1.165, 1.54) is 0 Å². The maximum atomic E-state index is 9.11. The van der Waals surface area contributed by atoms with Gasteiger partial charge in [-0.3, -0.25) is 0 Å². The van der Waals surface area contributed by atoms with Crippen molar-refractivity contribution in [2.45, 2.75) is 32.8 Å². The van der Waals surface area contributed by atoms with E-state index < -0.39 is 0 Å². The van der Waals surface area contributed by atoms with Crippen LogP contribution >= 0.6 is 0 Å². The molecule has 0 aromatic heterocycles. The van der Waals surface area contributed by atoms with Gasteiger partial charge in [0.05, 0.1) is 6.10 Å². The summed E-state index contributed by atoms with van der Waals surface area (Å²) in [6, 6.07) is 0. The second kappa shape index (κ2) is 5.69. The van der Waals surface area contributed by atoms with Gasteiger partial charge in [0, 0.05) is 0 Å². The molecule has 1 aliphatic rings. The van der Waals surface area contributed by atoms with Crippen molar-refractivity contribution in [3.63, 3.8) is 0 Å². The molecule has 84 valence electrons. The molecule has 0 heterocycles. The van der Waals surface area contributed by atoms with Gasteiger partial charge < -0.3 is 16.2 Å². The molecule has 3 nitrogen and oxygen atoms in total. The van der Waals surface area contributed by atoms with Gasteiger partial charge in [0.15, 0.2) is 0 Å². The summed E-state index contributed by atoms with van der Waals surface area (Å²) in [4.78, 5) is 0. The molecule has 0 aromatic rings. The number of nitrogens with one attached hydrogen (secondary N) is 1. The summed E-state index contributed by atoms with van der Waals surface area (Å²) < 4.78 is 0. The van der Waals surface area contributed by atoms with Gasteiger partial charge in [0.2, 0.25) is 0 Å². The minimum Gasteiger partial charge on any atom is -0.393 e. The van der Waals surface area contributed by atoms with Gasteiger partial charge in [-0.05, 0) is 50.2 Å². The first-order chi connectivity index (χ1) is 6.63. The molecule has 0 radical (unpaired) electrons. The zero-order valence-corrected chi connectivity index (χ0v) is 9.37. The summed E-state index contributed by atoms with van der Waals surface area (Å²) in [6.07, 6.45) is 1.92. The number of aliphatic hydroxyl groups excluding tert-OH is 1. The fraction of sp³-hybridized carbons (Fsp3) is 1.00. The second-order valence-electron chi connectivity index (χ2n) is 4.89. The predicted molar refractivity (Wildman–Crippen MR) is 59.0 cm³/mol. The molecule has 1 rings (SSSR count). The lowest BCUT2D eigenvalue weighted by molar-refractivity contribution is 0.0425. The molecule has 0 aliphatic heterocycles. The first kappa shape index (κ1) is 12.0. The Hall–Kier alpha value is -0.120. The van der Waals surface area contributed by atoms with Gasteiger partial charge in [-0.25, -0.2) is 0 Å². The Morgan fingerprint density at radius 2 is 2.07 bits per heavy atom. The molecule has 1 unspecified atom stereocenters. The van der Waals surface area contributed by atoms with Crippen LogP contribution in [0.15, 0.2) is 0 Å². The average Bonchev–Trinajstić information content (AvgIpc) is 2.08. The Balaban J connectivity index is 2.02. The molecule has 1 atom stereocenters. The van der Waals surface area contributed by atoms with Crippen molar-refractivity contribution in [3.05, 3.63) is 0 Å². The van der Waals surface area contributed by atoms with Crippen molar-refractivity contribution in [2.24, 2.45) is 23.5 Å². The van der Waals surface area contributed by atoms with E-state index in [1.54, 1.807) is 0 Å². The molecule has 0 bridgehead atoms. The summed E-state index contributed by atoms with van der Waals surface area (Å²) in [7, 11) is 0. The van der Waals surface area contributed by atoms with Crippen molar-refractivity contribution in [1.82, 2.24) is 5.32 Å². The van der Waals surface area contributed by atoms with E-state index in [9.17, 15) is 0 Å². The van der Waals surface area contributed by atoms with E-state index in [0.29, 0.717) is 17.8 Å². The summed E-state index contributed by atoms with van der Waals surface area (Å²) in [5, 5.41) is 12.6. The third-order valence-corrected chi connectivity index (χ3v) is 3.30. The minimum atomic E-state index is -0.0304. The van der Waals surface area contributed by atoms with Crippen molar-refractivity contribution in [3.8, 4) is 0 Å². The first-order valence-corrected chi connectivity index (χ1v) is 5.72. The molecule has 14 heavy (non-hydrogen) atoms. The highest BCUT2D eigenvalue weighted by molar-refractivity contribution is 4.80. The number of hydrogen-bond donors (Lipinski definition) is 3. The standard InChI is InChI=1S/C11H24N2O/c1-8(2)10(5-12)7-13-6-9-3-11(14)4-9/h8-11,13-14H,3-7,12H2,1-2H3. The molecule has 4 N–H and O–H groups in total. The Kier molecular flexibility index (Phi) is 4.85. The largest absolute Gasteiger partial charge is 0.393 e. The molecule has 0 amide bonds. The number of hydrogen-bond acceptors (Lipinski definition) is 3. The third kappa shape index (κ3) is 3.56. The van der Waals surface area contributed by atoms with Gasteiger partial charge in [-0.15, -0.1) is 0 Å². The fourth-order valence-corrected chi connectivity index (χ4v) is 1.93. The van der Waals surface area contributed by atoms with Crippen LogP contribution in [-0.2, 0) is 0 Å². The lowest BCUT2D eigenvalue weighted by Crippen LogP contribution is -2.39. The number of aliphatic hydroxyl groups is 1. The Bertz CT molecular complexity index is 155. The van der Waals surface area contributed by atoms with Crippen LogP contribution in [0, 0.1) is 17.8 Å². The van der Waals surface area contributed by atoms with Gasteiger partial charge in [-0.1, -0.05) is 13.8 Å². The van der Waals surface area contributed by atoms with Gasteiger partial charge in [0.1, 0.15) is 0 Å². The topological polar surface area (TPSA) is 58.3 Å². The van der Waals surface area contributed by atoms with Crippen LogP contribution in [0.2, 0.25) is 0 Å².